The molecule has 0 spiro atoms. The van der Waals surface area contributed by atoms with E-state index in [0.717, 1.165) is 5.56 Å². The Morgan fingerprint density at radius 2 is 1.74 bits per heavy atom. The van der Waals surface area contributed by atoms with E-state index in [1.165, 1.54) is 10.9 Å². The quantitative estimate of drug-likeness (QED) is 0.615. The van der Waals surface area contributed by atoms with Crippen molar-refractivity contribution in [3.63, 3.8) is 0 Å². The molecule has 23 heavy (non-hydrogen) atoms. The van der Waals surface area contributed by atoms with Crippen molar-refractivity contribution in [3.8, 4) is 0 Å². The van der Waals surface area contributed by atoms with Gasteiger partial charge in [0, 0.05) is 29.7 Å². The van der Waals surface area contributed by atoms with Crippen LogP contribution >= 0.6 is 0 Å². The van der Waals surface area contributed by atoms with Gasteiger partial charge in [0.05, 0.1) is 10.9 Å². The number of rotatable bonds is 2. The van der Waals surface area contributed by atoms with Crippen LogP contribution in [0.3, 0.4) is 0 Å². The zero-order chi connectivity index (χ0) is 15.8. The number of para-hydroxylation sites is 2. The molecule has 0 aliphatic heterocycles. The molecule has 2 heterocycles. The molecule has 0 unspecified atom stereocenters. The number of hydrogen-bond acceptors (Lipinski definition) is 2. The molecule has 4 heteroatoms. The summed E-state index contributed by atoms with van der Waals surface area (Å²) in [6, 6.07) is 15.6. The first kappa shape index (κ1) is 13.5. The van der Waals surface area contributed by atoms with Crippen LogP contribution in [0.1, 0.15) is 11.4 Å². The summed E-state index contributed by atoms with van der Waals surface area (Å²) in [6.45, 7) is 0. The minimum Gasteiger partial charge on any atom is -0.350 e. The van der Waals surface area contributed by atoms with Crippen molar-refractivity contribution in [2.24, 2.45) is 7.05 Å². The van der Waals surface area contributed by atoms with E-state index in [9.17, 15) is 4.79 Å². The van der Waals surface area contributed by atoms with Gasteiger partial charge in [-0.05, 0) is 30.4 Å². The number of nitrogens with zero attached hydrogens (tertiary/aromatic N) is 2. The van der Waals surface area contributed by atoms with Crippen molar-refractivity contribution in [1.29, 1.82) is 0 Å². The van der Waals surface area contributed by atoms with E-state index in [-0.39, 0.29) is 5.56 Å². The molecule has 0 amide bonds. The van der Waals surface area contributed by atoms with Crippen molar-refractivity contribution in [2.45, 2.75) is 0 Å². The van der Waals surface area contributed by atoms with E-state index in [4.69, 9.17) is 0 Å². The molecule has 0 radical (unpaired) electrons. The SMILES string of the molecule is Cn1cc(/C=C\c2nc3ccccc3c(=O)[nH]2)c2ccccc21. The van der Waals surface area contributed by atoms with Crippen molar-refractivity contribution in [2.75, 3.05) is 0 Å². The average Bonchev–Trinajstić information content (AvgIpc) is 2.90. The summed E-state index contributed by atoms with van der Waals surface area (Å²) in [5.41, 5.74) is 2.85. The monoisotopic (exact) mass is 301 g/mol. The molecule has 4 aromatic rings. The van der Waals surface area contributed by atoms with Crippen molar-refractivity contribution >= 4 is 34.0 Å². The van der Waals surface area contributed by atoms with Gasteiger partial charge < -0.3 is 9.55 Å². The average molecular weight is 301 g/mol. The molecular formula is C19H15N3O. The summed E-state index contributed by atoms with van der Waals surface area (Å²) in [5.74, 6) is 0.557. The van der Waals surface area contributed by atoms with Crippen LogP contribution in [0.15, 0.2) is 59.5 Å². The Bertz CT molecular complexity index is 1100. The summed E-state index contributed by atoms with van der Waals surface area (Å²) in [5, 5.41) is 1.78. The topological polar surface area (TPSA) is 50.7 Å². The smallest absolute Gasteiger partial charge is 0.259 e. The van der Waals surface area contributed by atoms with Crippen LogP contribution < -0.4 is 5.56 Å². The molecule has 0 aliphatic rings. The standard InChI is InChI=1S/C19H15N3O/c1-22-12-13(14-6-3-5-9-17(14)22)10-11-18-20-16-8-4-2-7-15(16)19(23)21-18/h2-12H,1H3,(H,20,21,23)/b11-10-. The summed E-state index contributed by atoms with van der Waals surface area (Å²) < 4.78 is 2.09. The van der Waals surface area contributed by atoms with E-state index < -0.39 is 0 Å². The largest absolute Gasteiger partial charge is 0.350 e. The first-order valence-corrected chi connectivity index (χ1v) is 7.43. The number of nitrogens with one attached hydrogen (secondary N) is 1. The maximum absolute atomic E-state index is 12.1. The van der Waals surface area contributed by atoms with Gasteiger partial charge in [-0.25, -0.2) is 4.98 Å². The highest BCUT2D eigenvalue weighted by molar-refractivity contribution is 5.91. The van der Waals surface area contributed by atoms with Gasteiger partial charge in [0.15, 0.2) is 0 Å². The fraction of sp³-hybridized carbons (Fsp3) is 0.0526. The number of aromatic amines is 1. The van der Waals surface area contributed by atoms with Gasteiger partial charge in [0.2, 0.25) is 0 Å². The highest BCUT2D eigenvalue weighted by atomic mass is 16.1. The highest BCUT2D eigenvalue weighted by Gasteiger charge is 2.04. The van der Waals surface area contributed by atoms with Crippen LogP contribution in [0.2, 0.25) is 0 Å². The predicted molar refractivity (Wildman–Crippen MR) is 94.2 cm³/mol. The Morgan fingerprint density at radius 3 is 2.61 bits per heavy atom. The second-order valence-electron chi connectivity index (χ2n) is 5.51. The molecular weight excluding hydrogens is 286 g/mol. The van der Waals surface area contributed by atoms with Gasteiger partial charge in [-0.2, -0.15) is 0 Å². The second-order valence-corrected chi connectivity index (χ2v) is 5.51. The normalized spacial score (nSPS) is 11.7. The molecule has 0 fully saturated rings. The van der Waals surface area contributed by atoms with E-state index in [2.05, 4.69) is 32.9 Å². The van der Waals surface area contributed by atoms with Crippen LogP contribution in [-0.2, 0) is 7.05 Å². The fourth-order valence-electron chi connectivity index (χ4n) is 2.86. The molecule has 0 bridgehead atoms. The lowest BCUT2D eigenvalue weighted by Gasteiger charge is -1.98. The van der Waals surface area contributed by atoms with Crippen LogP contribution in [-0.4, -0.2) is 14.5 Å². The Balaban J connectivity index is 1.80. The van der Waals surface area contributed by atoms with Gasteiger partial charge in [0.1, 0.15) is 5.82 Å². The fourth-order valence-corrected chi connectivity index (χ4v) is 2.86. The first-order chi connectivity index (χ1) is 11.2. The van der Waals surface area contributed by atoms with Gasteiger partial charge in [-0.15, -0.1) is 0 Å². The minimum absolute atomic E-state index is 0.117. The Labute approximate surface area is 132 Å². The van der Waals surface area contributed by atoms with Crippen LogP contribution in [0, 0.1) is 0 Å². The van der Waals surface area contributed by atoms with Crippen LogP contribution in [0.25, 0.3) is 34.0 Å². The molecule has 0 saturated heterocycles. The van der Waals surface area contributed by atoms with E-state index in [1.54, 1.807) is 6.07 Å². The highest BCUT2D eigenvalue weighted by Crippen LogP contribution is 2.22. The first-order valence-electron chi connectivity index (χ1n) is 7.43. The molecule has 4 nitrogen and oxygen atoms in total. The van der Waals surface area contributed by atoms with E-state index in [1.807, 2.05) is 49.5 Å². The lowest BCUT2D eigenvalue weighted by Crippen LogP contribution is -2.09. The van der Waals surface area contributed by atoms with Crippen LogP contribution in [0.4, 0.5) is 0 Å². The van der Waals surface area contributed by atoms with Gasteiger partial charge in [-0.1, -0.05) is 30.3 Å². The second kappa shape index (κ2) is 5.25. The lowest BCUT2D eigenvalue weighted by molar-refractivity contribution is 0.968. The summed E-state index contributed by atoms with van der Waals surface area (Å²) in [6.07, 6.45) is 5.89. The third-order valence-corrected chi connectivity index (χ3v) is 3.98. The van der Waals surface area contributed by atoms with Crippen molar-refractivity contribution in [3.05, 3.63) is 76.5 Å². The predicted octanol–water partition coefficient (Wildman–Crippen LogP) is 3.59. The number of aromatic nitrogens is 3. The third kappa shape index (κ3) is 2.34. The third-order valence-electron chi connectivity index (χ3n) is 3.98. The molecule has 2 aromatic carbocycles. The molecule has 112 valence electrons. The number of fused-ring (bicyclic) bond motifs is 2. The molecule has 0 aliphatic carbocycles. The van der Waals surface area contributed by atoms with E-state index >= 15 is 0 Å². The van der Waals surface area contributed by atoms with E-state index in [0.29, 0.717) is 16.7 Å². The molecule has 0 saturated carbocycles. The molecule has 0 atom stereocenters. The maximum Gasteiger partial charge on any atom is 0.259 e. The van der Waals surface area contributed by atoms with Gasteiger partial charge >= 0.3 is 0 Å². The maximum atomic E-state index is 12.1. The number of H-pyrrole nitrogens is 1. The minimum atomic E-state index is -0.117. The summed E-state index contributed by atoms with van der Waals surface area (Å²) in [4.78, 5) is 19.4. The Morgan fingerprint density at radius 1 is 1.00 bits per heavy atom. The summed E-state index contributed by atoms with van der Waals surface area (Å²) >= 11 is 0. The molecule has 2 aromatic heterocycles. The van der Waals surface area contributed by atoms with Crippen molar-refractivity contribution < 1.29 is 0 Å². The lowest BCUT2D eigenvalue weighted by atomic mass is 10.1. The zero-order valence-electron chi connectivity index (χ0n) is 12.7. The molecule has 4 rings (SSSR count). The van der Waals surface area contributed by atoms with Crippen LogP contribution in [0.5, 0.6) is 0 Å². The summed E-state index contributed by atoms with van der Waals surface area (Å²) in [7, 11) is 2.02. The molecule has 1 N–H and O–H groups in total. The Hall–Kier alpha value is -3.14. The number of hydrogen-bond donors (Lipinski definition) is 1. The van der Waals surface area contributed by atoms with Crippen molar-refractivity contribution in [1.82, 2.24) is 14.5 Å². The number of aryl methyl sites for hydroxylation is 1. The zero-order valence-corrected chi connectivity index (χ0v) is 12.7. The number of benzene rings is 2. The Kier molecular flexibility index (Phi) is 3.08. The van der Waals surface area contributed by atoms with Gasteiger partial charge in [-0.3, -0.25) is 4.79 Å². The van der Waals surface area contributed by atoms with Gasteiger partial charge in [0.25, 0.3) is 5.56 Å².